The largest absolute Gasteiger partial charge is 0.351 e. The fraction of sp³-hybridized carbons (Fsp3) is 0.579. The molecule has 26 heavy (non-hydrogen) atoms. The maximum Gasteiger partial charge on any atom is 0.223 e. The molecule has 1 N–H and O–H groups in total. The number of anilines is 1. The first-order valence-electron chi connectivity index (χ1n) is 9.46. The van der Waals surface area contributed by atoms with Gasteiger partial charge in [-0.15, -0.1) is 5.10 Å². The van der Waals surface area contributed by atoms with E-state index in [1.807, 2.05) is 23.0 Å². The average Bonchev–Trinajstić information content (AvgIpc) is 3.07. The van der Waals surface area contributed by atoms with E-state index in [-0.39, 0.29) is 6.04 Å². The monoisotopic (exact) mass is 353 g/mol. The van der Waals surface area contributed by atoms with Crippen molar-refractivity contribution >= 4 is 27.9 Å². The molecule has 7 nitrogen and oxygen atoms in total. The summed E-state index contributed by atoms with van der Waals surface area (Å²) in [5.74, 6) is 0.704. The number of aromatic nitrogens is 5. The Hall–Kier alpha value is -2.28. The average molecular weight is 353 g/mol. The van der Waals surface area contributed by atoms with Crippen LogP contribution < -0.4 is 5.32 Å². The van der Waals surface area contributed by atoms with E-state index in [1.54, 1.807) is 0 Å². The summed E-state index contributed by atoms with van der Waals surface area (Å²) in [5, 5.41) is 13.1. The zero-order valence-corrected chi connectivity index (χ0v) is 16.0. The van der Waals surface area contributed by atoms with Crippen LogP contribution in [0.4, 0.5) is 5.95 Å². The second kappa shape index (κ2) is 6.79. The predicted molar refractivity (Wildman–Crippen MR) is 104 cm³/mol. The van der Waals surface area contributed by atoms with Gasteiger partial charge < -0.3 is 10.2 Å². The summed E-state index contributed by atoms with van der Waals surface area (Å²) in [6.45, 7) is 4.22. The molecule has 7 heteroatoms. The van der Waals surface area contributed by atoms with Crippen molar-refractivity contribution in [1.29, 1.82) is 0 Å². The molecule has 2 aromatic heterocycles. The van der Waals surface area contributed by atoms with Crippen LogP contribution in [-0.4, -0.2) is 56.0 Å². The highest BCUT2D eigenvalue weighted by molar-refractivity contribution is 6.01. The lowest BCUT2D eigenvalue weighted by Gasteiger charge is -2.32. The molecule has 138 valence electrons. The van der Waals surface area contributed by atoms with Crippen molar-refractivity contribution in [3.63, 3.8) is 0 Å². The maximum atomic E-state index is 4.83. The van der Waals surface area contributed by atoms with Gasteiger partial charge in [0, 0.05) is 29.7 Å². The lowest BCUT2D eigenvalue weighted by atomic mass is 9.91. The van der Waals surface area contributed by atoms with E-state index in [9.17, 15) is 0 Å². The third-order valence-corrected chi connectivity index (χ3v) is 5.43. The van der Waals surface area contributed by atoms with Crippen molar-refractivity contribution in [1.82, 2.24) is 29.9 Å². The molecule has 1 fully saturated rings. The minimum absolute atomic E-state index is 0.235. The van der Waals surface area contributed by atoms with E-state index in [2.05, 4.69) is 53.5 Å². The summed E-state index contributed by atoms with van der Waals surface area (Å²) in [6.07, 6.45) is 6.63. The molecule has 0 saturated heterocycles. The molecule has 0 aliphatic heterocycles. The van der Waals surface area contributed by atoms with Crippen LogP contribution in [0.15, 0.2) is 18.3 Å². The van der Waals surface area contributed by atoms with E-state index >= 15 is 0 Å². The van der Waals surface area contributed by atoms with Crippen LogP contribution in [0.2, 0.25) is 0 Å². The molecule has 0 atom stereocenters. The molecule has 4 rings (SSSR count). The predicted octanol–water partition coefficient (Wildman–Crippen LogP) is 3.24. The maximum absolute atomic E-state index is 4.83. The van der Waals surface area contributed by atoms with Gasteiger partial charge in [-0.1, -0.05) is 5.21 Å². The first kappa shape index (κ1) is 17.1. The standard InChI is InChI=1S/C19H27N7/c1-12(2)26-18-16(23-24-26)10-5-13-11-20-19(22-17(13)18)21-14-6-8-15(9-7-14)25(3)4/h5,10-12,14-15H,6-9H2,1-4H3,(H,20,21,22). The van der Waals surface area contributed by atoms with Gasteiger partial charge in [0.05, 0.1) is 0 Å². The zero-order valence-electron chi connectivity index (χ0n) is 16.0. The molecular weight excluding hydrogens is 326 g/mol. The topological polar surface area (TPSA) is 71.8 Å². The molecular formula is C19H27N7. The molecule has 1 aromatic carbocycles. The lowest BCUT2D eigenvalue weighted by Crippen LogP contribution is -2.36. The molecule has 0 amide bonds. The first-order valence-corrected chi connectivity index (χ1v) is 9.46. The minimum atomic E-state index is 0.235. The second-order valence-corrected chi connectivity index (χ2v) is 7.81. The van der Waals surface area contributed by atoms with Gasteiger partial charge in [0.2, 0.25) is 5.95 Å². The van der Waals surface area contributed by atoms with Crippen LogP contribution in [0.25, 0.3) is 21.9 Å². The third-order valence-electron chi connectivity index (χ3n) is 5.43. The van der Waals surface area contributed by atoms with E-state index in [0.29, 0.717) is 18.0 Å². The van der Waals surface area contributed by atoms with E-state index in [0.717, 1.165) is 34.8 Å². The molecule has 3 aromatic rings. The normalized spacial score (nSPS) is 21.2. The zero-order chi connectivity index (χ0) is 18.3. The summed E-state index contributed by atoms with van der Waals surface area (Å²) in [4.78, 5) is 11.7. The molecule has 1 saturated carbocycles. The summed E-state index contributed by atoms with van der Waals surface area (Å²) < 4.78 is 1.94. The van der Waals surface area contributed by atoms with Gasteiger partial charge in [-0.05, 0) is 65.8 Å². The number of nitrogens with zero attached hydrogens (tertiary/aromatic N) is 6. The van der Waals surface area contributed by atoms with Crippen molar-refractivity contribution in [3.05, 3.63) is 18.3 Å². The molecule has 0 bridgehead atoms. The highest BCUT2D eigenvalue weighted by Gasteiger charge is 2.23. The van der Waals surface area contributed by atoms with Gasteiger partial charge in [-0.25, -0.2) is 14.6 Å². The highest BCUT2D eigenvalue weighted by Crippen LogP contribution is 2.27. The van der Waals surface area contributed by atoms with Crippen LogP contribution in [0.3, 0.4) is 0 Å². The second-order valence-electron chi connectivity index (χ2n) is 7.81. The Labute approximate surface area is 153 Å². The van der Waals surface area contributed by atoms with Gasteiger partial charge >= 0.3 is 0 Å². The van der Waals surface area contributed by atoms with Crippen molar-refractivity contribution in [2.24, 2.45) is 0 Å². The Balaban J connectivity index is 1.63. The van der Waals surface area contributed by atoms with Crippen molar-refractivity contribution in [2.75, 3.05) is 19.4 Å². The van der Waals surface area contributed by atoms with Crippen LogP contribution in [0.5, 0.6) is 0 Å². The van der Waals surface area contributed by atoms with Gasteiger partial charge in [-0.2, -0.15) is 0 Å². The molecule has 0 spiro atoms. The molecule has 0 unspecified atom stereocenters. The number of hydrogen-bond acceptors (Lipinski definition) is 6. The number of hydrogen-bond donors (Lipinski definition) is 1. The van der Waals surface area contributed by atoms with Crippen LogP contribution >= 0.6 is 0 Å². The molecule has 0 radical (unpaired) electrons. The highest BCUT2D eigenvalue weighted by atomic mass is 15.4. The summed E-state index contributed by atoms with van der Waals surface area (Å²) in [6, 6.07) is 5.37. The fourth-order valence-corrected chi connectivity index (χ4v) is 3.87. The molecule has 2 heterocycles. The quantitative estimate of drug-likeness (QED) is 0.776. The Kier molecular flexibility index (Phi) is 4.48. The Morgan fingerprint density at radius 3 is 2.62 bits per heavy atom. The lowest BCUT2D eigenvalue weighted by molar-refractivity contribution is 0.221. The smallest absolute Gasteiger partial charge is 0.223 e. The first-order chi connectivity index (χ1) is 12.5. The SMILES string of the molecule is CC(C)n1nnc2ccc3cnc(NC4CCC(N(C)C)CC4)nc3c21. The number of fused-ring (bicyclic) bond motifs is 3. The Bertz CT molecular complexity index is 907. The van der Waals surface area contributed by atoms with Gasteiger partial charge in [0.15, 0.2) is 0 Å². The van der Waals surface area contributed by atoms with Crippen molar-refractivity contribution in [3.8, 4) is 0 Å². The van der Waals surface area contributed by atoms with E-state index in [4.69, 9.17) is 4.98 Å². The van der Waals surface area contributed by atoms with Crippen molar-refractivity contribution < 1.29 is 0 Å². The van der Waals surface area contributed by atoms with Crippen LogP contribution in [-0.2, 0) is 0 Å². The molecule has 1 aliphatic rings. The van der Waals surface area contributed by atoms with E-state index in [1.165, 1.54) is 12.8 Å². The van der Waals surface area contributed by atoms with Gasteiger partial charge in [0.25, 0.3) is 0 Å². The van der Waals surface area contributed by atoms with Crippen molar-refractivity contribution in [2.45, 2.75) is 57.7 Å². The van der Waals surface area contributed by atoms with Gasteiger partial charge in [-0.3, -0.25) is 0 Å². The summed E-state index contributed by atoms with van der Waals surface area (Å²) in [7, 11) is 4.34. The Morgan fingerprint density at radius 2 is 1.92 bits per heavy atom. The third kappa shape index (κ3) is 3.11. The fourth-order valence-electron chi connectivity index (χ4n) is 3.87. The summed E-state index contributed by atoms with van der Waals surface area (Å²) >= 11 is 0. The summed E-state index contributed by atoms with van der Waals surface area (Å²) in [5.41, 5.74) is 2.78. The molecule has 1 aliphatic carbocycles. The Morgan fingerprint density at radius 1 is 1.15 bits per heavy atom. The number of rotatable bonds is 4. The number of nitrogens with one attached hydrogen (secondary N) is 1. The van der Waals surface area contributed by atoms with Gasteiger partial charge in [0.1, 0.15) is 16.6 Å². The van der Waals surface area contributed by atoms with E-state index < -0.39 is 0 Å². The van der Waals surface area contributed by atoms with Crippen LogP contribution in [0.1, 0.15) is 45.6 Å². The number of benzene rings is 1. The van der Waals surface area contributed by atoms with Crippen LogP contribution in [0, 0.1) is 0 Å². The minimum Gasteiger partial charge on any atom is -0.351 e.